The van der Waals surface area contributed by atoms with Crippen LogP contribution in [0.15, 0.2) is 42.5 Å². The SMILES string of the molecule is CCOc1ccc2c(C#N)c(-c3ccc(N(C)S(C)(=O)=O)cc3)n(C)c2c1. The lowest BCUT2D eigenvalue weighted by Crippen LogP contribution is -2.24. The number of hydrogen-bond acceptors (Lipinski definition) is 4. The fraction of sp³-hybridized carbons (Fsp3) is 0.250. The first-order chi connectivity index (χ1) is 12.8. The van der Waals surface area contributed by atoms with Crippen LogP contribution in [0.3, 0.4) is 0 Å². The van der Waals surface area contributed by atoms with Gasteiger partial charge in [0, 0.05) is 25.5 Å². The number of nitriles is 1. The van der Waals surface area contributed by atoms with E-state index in [-0.39, 0.29) is 0 Å². The van der Waals surface area contributed by atoms with Crippen LogP contribution in [0.4, 0.5) is 5.69 Å². The average molecular weight is 383 g/mol. The van der Waals surface area contributed by atoms with Gasteiger partial charge in [-0.15, -0.1) is 0 Å². The van der Waals surface area contributed by atoms with Gasteiger partial charge in [0.25, 0.3) is 0 Å². The van der Waals surface area contributed by atoms with Crippen molar-refractivity contribution < 1.29 is 13.2 Å². The maximum Gasteiger partial charge on any atom is 0.231 e. The van der Waals surface area contributed by atoms with Crippen molar-refractivity contribution in [2.45, 2.75) is 6.92 Å². The number of nitrogens with zero attached hydrogens (tertiary/aromatic N) is 3. The number of fused-ring (bicyclic) bond motifs is 1. The van der Waals surface area contributed by atoms with E-state index >= 15 is 0 Å². The lowest BCUT2D eigenvalue weighted by atomic mass is 10.1. The van der Waals surface area contributed by atoms with Crippen LogP contribution < -0.4 is 9.04 Å². The summed E-state index contributed by atoms with van der Waals surface area (Å²) >= 11 is 0. The summed E-state index contributed by atoms with van der Waals surface area (Å²) in [6.07, 6.45) is 1.16. The molecule has 0 fully saturated rings. The summed E-state index contributed by atoms with van der Waals surface area (Å²) in [7, 11) is 0.0953. The van der Waals surface area contributed by atoms with Crippen LogP contribution in [0.5, 0.6) is 5.75 Å². The molecule has 0 amide bonds. The Hall–Kier alpha value is -2.98. The highest BCUT2D eigenvalue weighted by Gasteiger charge is 2.18. The minimum absolute atomic E-state index is 0.567. The molecular formula is C20H21N3O3S. The summed E-state index contributed by atoms with van der Waals surface area (Å²) in [5.41, 5.74) is 3.69. The highest BCUT2D eigenvalue weighted by molar-refractivity contribution is 7.92. The van der Waals surface area contributed by atoms with Crippen LogP contribution >= 0.6 is 0 Å². The highest BCUT2D eigenvalue weighted by atomic mass is 32.2. The van der Waals surface area contributed by atoms with Gasteiger partial charge in [-0.25, -0.2) is 8.42 Å². The Morgan fingerprint density at radius 3 is 2.41 bits per heavy atom. The maximum absolute atomic E-state index is 11.7. The predicted molar refractivity (Wildman–Crippen MR) is 107 cm³/mol. The molecule has 27 heavy (non-hydrogen) atoms. The topological polar surface area (TPSA) is 75.3 Å². The van der Waals surface area contributed by atoms with Gasteiger partial charge in [0.1, 0.15) is 11.8 Å². The van der Waals surface area contributed by atoms with E-state index in [1.54, 1.807) is 12.1 Å². The summed E-state index contributed by atoms with van der Waals surface area (Å²) in [5, 5.41) is 10.6. The fourth-order valence-electron chi connectivity index (χ4n) is 3.14. The molecule has 0 radical (unpaired) electrons. The van der Waals surface area contributed by atoms with Crippen LogP contribution in [-0.4, -0.2) is 32.9 Å². The molecule has 0 aliphatic rings. The molecule has 1 aromatic heterocycles. The van der Waals surface area contributed by atoms with Crippen LogP contribution in [-0.2, 0) is 17.1 Å². The normalized spacial score (nSPS) is 11.4. The minimum Gasteiger partial charge on any atom is -0.494 e. The smallest absolute Gasteiger partial charge is 0.231 e. The number of ether oxygens (including phenoxy) is 1. The zero-order chi connectivity index (χ0) is 19.8. The summed E-state index contributed by atoms with van der Waals surface area (Å²) in [6.45, 7) is 2.50. The number of aryl methyl sites for hydroxylation is 1. The van der Waals surface area contributed by atoms with Crippen LogP contribution in [0.25, 0.3) is 22.2 Å². The lowest BCUT2D eigenvalue weighted by molar-refractivity contribution is 0.340. The van der Waals surface area contributed by atoms with Crippen molar-refractivity contribution in [1.29, 1.82) is 5.26 Å². The maximum atomic E-state index is 11.7. The number of benzene rings is 2. The summed E-state index contributed by atoms with van der Waals surface area (Å²) < 4.78 is 32.2. The number of aromatic nitrogens is 1. The Balaban J connectivity index is 2.14. The third-order valence-corrected chi connectivity index (χ3v) is 5.80. The Morgan fingerprint density at radius 2 is 1.85 bits per heavy atom. The second-order valence-electron chi connectivity index (χ2n) is 6.28. The molecule has 0 aliphatic carbocycles. The largest absolute Gasteiger partial charge is 0.494 e. The van der Waals surface area contributed by atoms with Gasteiger partial charge in [-0.1, -0.05) is 12.1 Å². The quantitative estimate of drug-likeness (QED) is 0.676. The summed E-state index contributed by atoms with van der Waals surface area (Å²) in [5.74, 6) is 0.756. The Kier molecular flexibility index (Phi) is 4.85. The summed E-state index contributed by atoms with van der Waals surface area (Å²) in [4.78, 5) is 0. The van der Waals surface area contributed by atoms with E-state index in [0.717, 1.165) is 34.2 Å². The number of hydrogen-bond donors (Lipinski definition) is 0. The van der Waals surface area contributed by atoms with Gasteiger partial charge >= 0.3 is 0 Å². The Labute approximate surface area is 159 Å². The van der Waals surface area contributed by atoms with Crippen molar-refractivity contribution in [2.24, 2.45) is 7.05 Å². The first-order valence-corrected chi connectivity index (χ1v) is 10.3. The minimum atomic E-state index is -3.32. The molecule has 0 unspecified atom stereocenters. The van der Waals surface area contributed by atoms with Gasteiger partial charge in [0.2, 0.25) is 10.0 Å². The Morgan fingerprint density at radius 1 is 1.19 bits per heavy atom. The molecule has 0 aliphatic heterocycles. The van der Waals surface area contributed by atoms with Gasteiger partial charge in [-0.05, 0) is 36.8 Å². The molecule has 0 atom stereocenters. The van der Waals surface area contributed by atoms with Crippen LogP contribution in [0.2, 0.25) is 0 Å². The first-order valence-electron chi connectivity index (χ1n) is 8.47. The van der Waals surface area contributed by atoms with Gasteiger partial charge < -0.3 is 9.30 Å². The number of anilines is 1. The van der Waals surface area contributed by atoms with Crippen molar-refractivity contribution >= 4 is 26.6 Å². The zero-order valence-corrected chi connectivity index (χ0v) is 16.5. The molecule has 0 saturated carbocycles. The first kappa shape index (κ1) is 18.8. The van der Waals surface area contributed by atoms with E-state index in [1.807, 2.05) is 48.9 Å². The van der Waals surface area contributed by atoms with E-state index in [1.165, 1.54) is 11.4 Å². The van der Waals surface area contributed by atoms with E-state index in [9.17, 15) is 13.7 Å². The van der Waals surface area contributed by atoms with Gasteiger partial charge in [0.05, 0.1) is 35.3 Å². The monoisotopic (exact) mass is 383 g/mol. The van der Waals surface area contributed by atoms with E-state index in [2.05, 4.69) is 6.07 Å². The molecule has 0 saturated heterocycles. The van der Waals surface area contributed by atoms with Crippen molar-refractivity contribution in [3.63, 3.8) is 0 Å². The number of sulfonamides is 1. The third-order valence-electron chi connectivity index (χ3n) is 4.60. The average Bonchev–Trinajstić information content (AvgIpc) is 2.92. The van der Waals surface area contributed by atoms with Crippen molar-refractivity contribution in [2.75, 3.05) is 24.2 Å². The standard InChI is InChI=1S/C20H21N3O3S/c1-5-26-16-10-11-17-18(13-21)20(22(2)19(17)12-16)14-6-8-15(9-7-14)23(3)27(4,24)25/h6-12H,5H2,1-4H3. The molecule has 1 heterocycles. The molecule has 3 rings (SSSR count). The molecular weight excluding hydrogens is 362 g/mol. The number of rotatable bonds is 5. The molecule has 3 aromatic rings. The second kappa shape index (κ2) is 6.97. The van der Waals surface area contributed by atoms with Gasteiger partial charge in [-0.2, -0.15) is 5.26 Å². The zero-order valence-electron chi connectivity index (χ0n) is 15.7. The molecule has 0 N–H and O–H groups in total. The predicted octanol–water partition coefficient (Wildman–Crippen LogP) is 3.51. The third kappa shape index (κ3) is 3.36. The fourth-order valence-corrected chi connectivity index (χ4v) is 3.65. The van der Waals surface area contributed by atoms with E-state index < -0.39 is 10.0 Å². The van der Waals surface area contributed by atoms with Crippen molar-refractivity contribution in [1.82, 2.24) is 4.57 Å². The second-order valence-corrected chi connectivity index (χ2v) is 8.30. The molecule has 7 heteroatoms. The van der Waals surface area contributed by atoms with Crippen molar-refractivity contribution in [3.05, 3.63) is 48.0 Å². The van der Waals surface area contributed by atoms with Crippen LogP contribution in [0, 0.1) is 11.3 Å². The van der Waals surface area contributed by atoms with E-state index in [0.29, 0.717) is 17.9 Å². The summed E-state index contributed by atoms with van der Waals surface area (Å²) in [6, 6.07) is 15.1. The molecule has 6 nitrogen and oxygen atoms in total. The van der Waals surface area contributed by atoms with E-state index in [4.69, 9.17) is 4.74 Å². The molecule has 0 spiro atoms. The molecule has 0 bridgehead atoms. The van der Waals surface area contributed by atoms with Crippen LogP contribution in [0.1, 0.15) is 12.5 Å². The lowest BCUT2D eigenvalue weighted by Gasteiger charge is -2.17. The Bertz CT molecular complexity index is 1140. The molecule has 140 valence electrons. The van der Waals surface area contributed by atoms with Gasteiger partial charge in [-0.3, -0.25) is 4.31 Å². The van der Waals surface area contributed by atoms with Gasteiger partial charge in [0.15, 0.2) is 0 Å². The highest BCUT2D eigenvalue weighted by Crippen LogP contribution is 2.35. The van der Waals surface area contributed by atoms with Crippen molar-refractivity contribution in [3.8, 4) is 23.1 Å². The molecule has 2 aromatic carbocycles.